The van der Waals surface area contributed by atoms with E-state index in [0.29, 0.717) is 24.3 Å². The number of hydrogen-bond acceptors (Lipinski definition) is 5. The second kappa shape index (κ2) is 7.35. The Labute approximate surface area is 163 Å². The van der Waals surface area contributed by atoms with E-state index in [1.165, 1.54) is 0 Å². The van der Waals surface area contributed by atoms with Gasteiger partial charge >= 0.3 is 0 Å². The second-order valence-corrected chi connectivity index (χ2v) is 7.60. The third kappa shape index (κ3) is 3.07. The highest BCUT2D eigenvalue weighted by atomic mass is 16.2. The third-order valence-electron chi connectivity index (χ3n) is 5.63. The van der Waals surface area contributed by atoms with Gasteiger partial charge in [-0.15, -0.1) is 10.2 Å². The van der Waals surface area contributed by atoms with Gasteiger partial charge in [-0.05, 0) is 45.0 Å². The summed E-state index contributed by atoms with van der Waals surface area (Å²) in [6.45, 7) is 4.84. The van der Waals surface area contributed by atoms with E-state index in [4.69, 9.17) is 0 Å². The number of carbonyl (C=O) groups is 1. The van der Waals surface area contributed by atoms with Crippen LogP contribution in [0.3, 0.4) is 0 Å². The zero-order valence-electron chi connectivity index (χ0n) is 16.6. The Balaban J connectivity index is 1.65. The topological polar surface area (TPSA) is 75.7 Å². The number of nitrogens with zero attached hydrogens (tertiary/aromatic N) is 6. The smallest absolute Gasteiger partial charge is 0.262 e. The average molecular weight is 382 g/mol. The fourth-order valence-electron chi connectivity index (χ4n) is 4.11. The lowest BCUT2D eigenvalue weighted by Gasteiger charge is -2.31. The summed E-state index contributed by atoms with van der Waals surface area (Å²) >= 11 is 0. The number of para-hydroxylation sites is 1. The third-order valence-corrected chi connectivity index (χ3v) is 5.63. The summed E-state index contributed by atoms with van der Waals surface area (Å²) in [6.07, 6.45) is 1.71. The first-order valence-corrected chi connectivity index (χ1v) is 9.80. The van der Waals surface area contributed by atoms with E-state index < -0.39 is 0 Å². The minimum absolute atomic E-state index is 0.0347. The van der Waals surface area contributed by atoms with E-state index in [-0.39, 0.29) is 17.4 Å². The van der Waals surface area contributed by atoms with E-state index in [0.717, 1.165) is 37.3 Å². The summed E-state index contributed by atoms with van der Waals surface area (Å²) in [4.78, 5) is 29.0. The zero-order valence-corrected chi connectivity index (χ0v) is 16.6. The van der Waals surface area contributed by atoms with Crippen LogP contribution in [-0.2, 0) is 17.9 Å². The Morgan fingerprint density at radius 2 is 1.89 bits per heavy atom. The number of carbonyl (C=O) groups excluding carboxylic acids is 1. The Kier molecular flexibility index (Phi) is 4.89. The normalized spacial score (nSPS) is 16.1. The van der Waals surface area contributed by atoms with E-state index in [1.807, 2.05) is 49.7 Å². The molecule has 1 fully saturated rings. The summed E-state index contributed by atoms with van der Waals surface area (Å²) in [5.74, 6) is 1.72. The van der Waals surface area contributed by atoms with Gasteiger partial charge in [-0.2, -0.15) is 0 Å². The van der Waals surface area contributed by atoms with E-state index >= 15 is 0 Å². The van der Waals surface area contributed by atoms with E-state index in [1.54, 1.807) is 9.47 Å². The predicted octanol–water partition coefficient (Wildman–Crippen LogP) is 1.36. The van der Waals surface area contributed by atoms with Gasteiger partial charge < -0.3 is 4.90 Å². The minimum Gasteiger partial charge on any atom is -0.349 e. The van der Waals surface area contributed by atoms with Gasteiger partial charge in [0.1, 0.15) is 0 Å². The Morgan fingerprint density at radius 1 is 1.18 bits per heavy atom. The molecule has 0 N–H and O–H groups in total. The average Bonchev–Trinajstić information content (AvgIpc) is 3.12. The number of benzene rings is 1. The number of amides is 1. The lowest BCUT2D eigenvalue weighted by Crippen LogP contribution is -2.40. The first kappa shape index (κ1) is 18.6. The van der Waals surface area contributed by atoms with Crippen LogP contribution in [0.25, 0.3) is 16.7 Å². The number of piperidine rings is 1. The van der Waals surface area contributed by atoms with Crippen molar-refractivity contribution in [2.75, 3.05) is 27.2 Å². The number of rotatable bonds is 4. The first-order valence-electron chi connectivity index (χ1n) is 9.80. The fraction of sp³-hybridized carbons (Fsp3) is 0.500. The van der Waals surface area contributed by atoms with Gasteiger partial charge in [0.05, 0.1) is 17.4 Å². The molecule has 1 saturated heterocycles. The first-order chi connectivity index (χ1) is 13.5. The Bertz CT molecular complexity index is 1080. The van der Waals surface area contributed by atoms with Crippen molar-refractivity contribution in [2.45, 2.75) is 32.9 Å². The maximum Gasteiger partial charge on any atom is 0.262 e. The van der Waals surface area contributed by atoms with Crippen molar-refractivity contribution in [1.82, 2.24) is 29.0 Å². The number of fused-ring (bicyclic) bond motifs is 3. The van der Waals surface area contributed by atoms with Crippen LogP contribution < -0.4 is 5.56 Å². The molecular weight excluding hydrogens is 356 g/mol. The molecule has 1 aromatic carbocycles. The second-order valence-electron chi connectivity index (χ2n) is 7.60. The molecule has 0 bridgehead atoms. The molecule has 1 amide bonds. The van der Waals surface area contributed by atoms with Crippen LogP contribution in [0.4, 0.5) is 0 Å². The number of likely N-dealkylation sites (tertiary alicyclic amines) is 1. The number of hydrogen-bond donors (Lipinski definition) is 0. The zero-order chi connectivity index (χ0) is 19.8. The maximum atomic E-state index is 12.8. The van der Waals surface area contributed by atoms with E-state index in [2.05, 4.69) is 15.1 Å². The van der Waals surface area contributed by atoms with Gasteiger partial charge in [0.2, 0.25) is 11.7 Å². The van der Waals surface area contributed by atoms with Crippen molar-refractivity contribution in [3.8, 4) is 0 Å². The van der Waals surface area contributed by atoms with E-state index in [9.17, 15) is 9.59 Å². The maximum absolute atomic E-state index is 12.8. The summed E-state index contributed by atoms with van der Waals surface area (Å²) in [7, 11) is 3.63. The largest absolute Gasteiger partial charge is 0.349 e. The predicted molar refractivity (Wildman–Crippen MR) is 107 cm³/mol. The van der Waals surface area contributed by atoms with Crippen LogP contribution in [0.2, 0.25) is 0 Å². The minimum atomic E-state index is -0.0347. The number of aromatic nitrogens is 4. The molecule has 148 valence electrons. The highest BCUT2D eigenvalue weighted by Gasteiger charge is 2.27. The van der Waals surface area contributed by atoms with Gasteiger partial charge in [-0.1, -0.05) is 12.1 Å². The highest BCUT2D eigenvalue weighted by Crippen LogP contribution is 2.21. The molecule has 0 atom stereocenters. The summed E-state index contributed by atoms with van der Waals surface area (Å²) in [6, 6.07) is 7.61. The molecule has 8 heteroatoms. The molecule has 1 aliphatic heterocycles. The highest BCUT2D eigenvalue weighted by molar-refractivity contribution is 5.80. The van der Waals surface area contributed by atoms with Crippen LogP contribution in [0.1, 0.15) is 25.6 Å². The van der Waals surface area contributed by atoms with Gasteiger partial charge in [-0.3, -0.25) is 23.5 Å². The molecule has 3 heterocycles. The molecule has 28 heavy (non-hydrogen) atoms. The lowest BCUT2D eigenvalue weighted by molar-refractivity contribution is -0.134. The van der Waals surface area contributed by atoms with Crippen LogP contribution >= 0.6 is 0 Å². The van der Waals surface area contributed by atoms with Crippen LogP contribution in [0, 0.1) is 5.92 Å². The molecule has 2 aromatic heterocycles. The Morgan fingerprint density at radius 3 is 2.57 bits per heavy atom. The molecule has 0 aliphatic carbocycles. The van der Waals surface area contributed by atoms with Gasteiger partial charge in [0.25, 0.3) is 5.56 Å². The molecule has 4 rings (SSSR count). The monoisotopic (exact) mass is 382 g/mol. The molecule has 1 aliphatic rings. The summed E-state index contributed by atoms with van der Waals surface area (Å²) in [5, 5.41) is 9.40. The standard InChI is InChI=1S/C20H26N6O2/c1-4-25-19(28)15-7-5-6-8-16(15)26-17(21-22-20(25)26)13-24-11-9-14(10-12-24)18(27)23(2)3/h5-8,14H,4,9-13H2,1-3H3. The molecular formula is C20H26N6O2. The van der Waals surface area contributed by atoms with Gasteiger partial charge in [0.15, 0.2) is 5.82 Å². The molecule has 0 radical (unpaired) electrons. The van der Waals surface area contributed by atoms with Crippen LogP contribution in [0.5, 0.6) is 0 Å². The van der Waals surface area contributed by atoms with Crippen molar-refractivity contribution in [1.29, 1.82) is 0 Å². The van der Waals surface area contributed by atoms with Crippen molar-refractivity contribution >= 4 is 22.6 Å². The number of aryl methyl sites for hydroxylation is 1. The van der Waals surface area contributed by atoms with Gasteiger partial charge in [-0.25, -0.2) is 0 Å². The van der Waals surface area contributed by atoms with Gasteiger partial charge in [0, 0.05) is 26.6 Å². The van der Waals surface area contributed by atoms with Crippen molar-refractivity contribution in [3.63, 3.8) is 0 Å². The van der Waals surface area contributed by atoms with Crippen LogP contribution in [0.15, 0.2) is 29.1 Å². The van der Waals surface area contributed by atoms with Crippen molar-refractivity contribution in [2.24, 2.45) is 5.92 Å². The molecule has 0 spiro atoms. The molecule has 8 nitrogen and oxygen atoms in total. The Hall–Kier alpha value is -2.74. The quantitative estimate of drug-likeness (QED) is 0.681. The SMILES string of the molecule is CCn1c(=O)c2ccccc2n2c(CN3CCC(C(=O)N(C)C)CC3)nnc12. The molecule has 0 saturated carbocycles. The molecule has 0 unspecified atom stereocenters. The summed E-state index contributed by atoms with van der Waals surface area (Å²) in [5.41, 5.74) is 0.803. The van der Waals surface area contributed by atoms with Crippen LogP contribution in [-0.4, -0.2) is 62.1 Å². The van der Waals surface area contributed by atoms with Crippen molar-refractivity contribution < 1.29 is 4.79 Å². The fourth-order valence-corrected chi connectivity index (χ4v) is 4.11. The lowest BCUT2D eigenvalue weighted by atomic mass is 9.95. The summed E-state index contributed by atoms with van der Waals surface area (Å²) < 4.78 is 3.66. The van der Waals surface area contributed by atoms with Crippen molar-refractivity contribution in [3.05, 3.63) is 40.4 Å². The molecule has 3 aromatic rings.